The van der Waals surface area contributed by atoms with Crippen molar-refractivity contribution in [2.45, 2.75) is 19.5 Å². The fraction of sp³-hybridized carbons (Fsp3) is 0.385. The fourth-order valence-corrected chi connectivity index (χ4v) is 4.69. The lowest BCUT2D eigenvalue weighted by Crippen LogP contribution is -2.42. The maximum absolute atomic E-state index is 14.7. The lowest BCUT2D eigenvalue weighted by atomic mass is 9.85. The van der Waals surface area contributed by atoms with Gasteiger partial charge in [0, 0.05) is 44.5 Å². The Balaban J connectivity index is 1.36. The Hall–Kier alpha value is -3.81. The summed E-state index contributed by atoms with van der Waals surface area (Å²) in [5.74, 6) is 3.53. The predicted molar refractivity (Wildman–Crippen MR) is 125 cm³/mol. The Labute approximate surface area is 207 Å². The number of imide groups is 1. The number of fused-ring (bicyclic) bond motifs is 1. The van der Waals surface area contributed by atoms with Gasteiger partial charge in [0.1, 0.15) is 5.41 Å². The predicted octanol–water partition coefficient (Wildman–Crippen LogP) is 1.10. The van der Waals surface area contributed by atoms with Crippen molar-refractivity contribution in [2.24, 2.45) is 5.41 Å². The van der Waals surface area contributed by atoms with E-state index in [2.05, 4.69) is 27.0 Å². The molecule has 3 aliphatic rings. The van der Waals surface area contributed by atoms with Crippen LogP contribution in [0.25, 0.3) is 0 Å². The van der Waals surface area contributed by atoms with Crippen LogP contribution in [0.2, 0.25) is 0 Å². The molecular formula is C26H25FN4O5. The highest BCUT2D eigenvalue weighted by Crippen LogP contribution is 2.35. The first-order valence-corrected chi connectivity index (χ1v) is 11.7. The van der Waals surface area contributed by atoms with E-state index in [9.17, 15) is 18.8 Å². The van der Waals surface area contributed by atoms with Crippen molar-refractivity contribution in [3.05, 3.63) is 58.7 Å². The molecule has 0 radical (unpaired) electrons. The zero-order chi connectivity index (χ0) is 25.3. The summed E-state index contributed by atoms with van der Waals surface area (Å²) in [6, 6.07) is 6.78. The van der Waals surface area contributed by atoms with Crippen LogP contribution < -0.4 is 10.1 Å². The molecule has 0 bridgehead atoms. The summed E-state index contributed by atoms with van der Waals surface area (Å²) in [5.41, 5.74) is 0.443. The van der Waals surface area contributed by atoms with E-state index in [0.717, 1.165) is 18.8 Å². The number of nitrogens with one attached hydrogen (secondary N) is 1. The molecule has 1 atom stereocenters. The van der Waals surface area contributed by atoms with Gasteiger partial charge in [-0.3, -0.25) is 29.6 Å². The highest BCUT2D eigenvalue weighted by atomic mass is 19.1. The van der Waals surface area contributed by atoms with Gasteiger partial charge in [-0.05, 0) is 23.8 Å². The largest absolute Gasteiger partial charge is 0.494 e. The summed E-state index contributed by atoms with van der Waals surface area (Å²) >= 11 is 0. The molecule has 2 fully saturated rings. The van der Waals surface area contributed by atoms with Crippen molar-refractivity contribution in [1.82, 2.24) is 20.1 Å². The van der Waals surface area contributed by atoms with E-state index in [4.69, 9.17) is 9.47 Å². The zero-order valence-electron chi connectivity index (χ0n) is 19.8. The molecule has 0 aliphatic carbocycles. The Morgan fingerprint density at radius 1 is 1.19 bits per heavy atom. The Bertz CT molecular complexity index is 1280. The van der Waals surface area contributed by atoms with E-state index in [1.165, 1.54) is 18.1 Å². The number of carbonyl (C=O) groups excluding carboxylic acids is 3. The molecule has 0 spiro atoms. The van der Waals surface area contributed by atoms with Gasteiger partial charge in [-0.2, -0.15) is 0 Å². The van der Waals surface area contributed by atoms with Crippen LogP contribution in [0.4, 0.5) is 4.39 Å². The third-order valence-corrected chi connectivity index (χ3v) is 6.65. The summed E-state index contributed by atoms with van der Waals surface area (Å²) in [6.45, 7) is 3.79. The molecule has 5 rings (SSSR count). The average molecular weight is 493 g/mol. The summed E-state index contributed by atoms with van der Waals surface area (Å²) in [5, 5.41) is 2.29. The summed E-state index contributed by atoms with van der Waals surface area (Å²) in [7, 11) is 1.32. The van der Waals surface area contributed by atoms with Gasteiger partial charge in [-0.1, -0.05) is 17.9 Å². The minimum Gasteiger partial charge on any atom is -0.494 e. The van der Waals surface area contributed by atoms with Gasteiger partial charge in [0.2, 0.25) is 11.8 Å². The van der Waals surface area contributed by atoms with Crippen LogP contribution in [-0.2, 0) is 27.4 Å². The number of halogens is 1. The van der Waals surface area contributed by atoms with Crippen molar-refractivity contribution >= 4 is 17.7 Å². The molecule has 0 saturated carbocycles. The van der Waals surface area contributed by atoms with Crippen LogP contribution in [0.15, 0.2) is 30.5 Å². The molecule has 2 saturated heterocycles. The molecule has 1 aromatic carbocycles. The highest BCUT2D eigenvalue weighted by molar-refractivity contribution is 6.08. The molecule has 36 heavy (non-hydrogen) atoms. The number of ether oxygens (including phenoxy) is 2. The van der Waals surface area contributed by atoms with E-state index < -0.39 is 29.0 Å². The third kappa shape index (κ3) is 4.55. The van der Waals surface area contributed by atoms with Crippen molar-refractivity contribution in [1.29, 1.82) is 0 Å². The van der Waals surface area contributed by atoms with Gasteiger partial charge < -0.3 is 14.4 Å². The van der Waals surface area contributed by atoms with Gasteiger partial charge in [0.15, 0.2) is 11.6 Å². The number of amides is 3. The Kier molecular flexibility index (Phi) is 6.43. The lowest BCUT2D eigenvalue weighted by molar-refractivity contribution is -0.127. The molecule has 3 aliphatic heterocycles. The number of morpholine rings is 1. The Morgan fingerprint density at radius 2 is 2.00 bits per heavy atom. The van der Waals surface area contributed by atoms with Gasteiger partial charge in [0.25, 0.3) is 5.91 Å². The summed E-state index contributed by atoms with van der Waals surface area (Å²) in [4.78, 5) is 46.1. The minimum atomic E-state index is -1.44. The van der Waals surface area contributed by atoms with Gasteiger partial charge >= 0.3 is 0 Å². The first-order valence-electron chi connectivity index (χ1n) is 11.7. The SMILES string of the molecule is COc1ccc2c(c1F)C(=O)N(C[C@@]1(C#Cc3ccc(CN4CCOCC4)nc3)CC(=O)NC1=O)C2. The van der Waals surface area contributed by atoms with E-state index >= 15 is 0 Å². The van der Waals surface area contributed by atoms with Crippen LogP contribution in [0.5, 0.6) is 5.75 Å². The third-order valence-electron chi connectivity index (χ3n) is 6.65. The number of hydrogen-bond donors (Lipinski definition) is 1. The van der Waals surface area contributed by atoms with Gasteiger partial charge in [0.05, 0.1) is 38.0 Å². The zero-order valence-corrected chi connectivity index (χ0v) is 19.8. The van der Waals surface area contributed by atoms with Gasteiger partial charge in [-0.15, -0.1) is 0 Å². The summed E-state index contributed by atoms with van der Waals surface area (Å²) < 4.78 is 25.1. The van der Waals surface area contributed by atoms with Crippen LogP contribution in [0.3, 0.4) is 0 Å². The monoisotopic (exact) mass is 492 g/mol. The number of benzene rings is 1. The first-order chi connectivity index (χ1) is 17.4. The molecule has 9 nitrogen and oxygen atoms in total. The molecule has 3 amide bonds. The van der Waals surface area contributed by atoms with E-state index in [1.807, 2.05) is 12.1 Å². The first kappa shape index (κ1) is 23.9. The second-order valence-corrected chi connectivity index (χ2v) is 9.09. The summed E-state index contributed by atoms with van der Waals surface area (Å²) in [6.07, 6.45) is 1.44. The van der Waals surface area contributed by atoms with Crippen molar-refractivity contribution in [3.8, 4) is 17.6 Å². The van der Waals surface area contributed by atoms with E-state index in [0.29, 0.717) is 30.9 Å². The van der Waals surface area contributed by atoms with Crippen LogP contribution >= 0.6 is 0 Å². The van der Waals surface area contributed by atoms with Crippen LogP contribution in [0, 0.1) is 23.1 Å². The smallest absolute Gasteiger partial charge is 0.257 e. The number of aromatic nitrogens is 1. The van der Waals surface area contributed by atoms with E-state index in [-0.39, 0.29) is 30.8 Å². The maximum atomic E-state index is 14.7. The number of nitrogens with zero attached hydrogens (tertiary/aromatic N) is 3. The number of rotatable bonds is 5. The molecule has 10 heteroatoms. The van der Waals surface area contributed by atoms with Crippen molar-refractivity contribution in [2.75, 3.05) is 40.0 Å². The second kappa shape index (κ2) is 9.68. The quantitative estimate of drug-likeness (QED) is 0.493. The second-order valence-electron chi connectivity index (χ2n) is 9.09. The molecule has 1 aromatic heterocycles. The number of pyridine rings is 1. The van der Waals surface area contributed by atoms with Crippen molar-refractivity contribution in [3.63, 3.8) is 0 Å². The normalized spacial score (nSPS) is 21.7. The number of methoxy groups -OCH3 is 1. The molecular weight excluding hydrogens is 467 g/mol. The van der Waals surface area contributed by atoms with Crippen LogP contribution in [0.1, 0.15) is 33.6 Å². The number of carbonyl (C=O) groups is 3. The topological polar surface area (TPSA) is 101 Å². The molecule has 186 valence electrons. The highest BCUT2D eigenvalue weighted by Gasteiger charge is 2.49. The fourth-order valence-electron chi connectivity index (χ4n) is 4.69. The standard InChI is InChI=1S/C26H25FN4O5/c1-35-20-5-3-18-14-31(24(33)22(18)23(20)27)16-26(12-21(32)29-25(26)34)7-6-17-2-4-19(28-13-17)15-30-8-10-36-11-9-30/h2-5,13H,8-12,14-16H2,1H3,(H,29,32,34)/t26-/m1/s1. The average Bonchev–Trinajstić information content (AvgIpc) is 3.34. The molecule has 0 unspecified atom stereocenters. The van der Waals surface area contributed by atoms with Crippen LogP contribution in [-0.4, -0.2) is 72.5 Å². The maximum Gasteiger partial charge on any atom is 0.257 e. The minimum absolute atomic E-state index is 0.0307. The van der Waals surface area contributed by atoms with E-state index in [1.54, 1.807) is 12.3 Å². The van der Waals surface area contributed by atoms with Crippen molar-refractivity contribution < 1.29 is 28.2 Å². The Morgan fingerprint density at radius 3 is 2.67 bits per heavy atom. The van der Waals surface area contributed by atoms with Gasteiger partial charge in [-0.25, -0.2) is 4.39 Å². The molecule has 1 N–H and O–H groups in total. The lowest BCUT2D eigenvalue weighted by Gasteiger charge is -2.26. The molecule has 4 heterocycles. The molecule has 2 aromatic rings. The number of hydrogen-bond acceptors (Lipinski definition) is 7.